The van der Waals surface area contributed by atoms with E-state index in [1.165, 1.54) is 30.3 Å². The molecule has 3 rings (SSSR count). The Morgan fingerprint density at radius 3 is 2.52 bits per heavy atom. The first-order valence-corrected chi connectivity index (χ1v) is 9.49. The highest BCUT2D eigenvalue weighted by molar-refractivity contribution is 7.99. The monoisotopic (exact) mass is 414 g/mol. The molecule has 6 nitrogen and oxygen atoms in total. The van der Waals surface area contributed by atoms with Crippen molar-refractivity contribution in [2.75, 3.05) is 16.4 Å². The summed E-state index contributed by atoms with van der Waals surface area (Å²) in [5, 5.41) is 13.4. The van der Waals surface area contributed by atoms with Gasteiger partial charge in [-0.3, -0.25) is 9.59 Å². The number of amides is 2. The number of anilines is 2. The number of nitrogens with one attached hydrogen (secondary N) is 2. The van der Waals surface area contributed by atoms with Crippen molar-refractivity contribution in [1.82, 2.24) is 10.2 Å². The maximum absolute atomic E-state index is 13.5. The van der Waals surface area contributed by atoms with Crippen LogP contribution in [0.1, 0.15) is 15.9 Å². The van der Waals surface area contributed by atoms with Crippen LogP contribution in [0, 0.1) is 18.6 Å². The highest BCUT2D eigenvalue weighted by atomic mass is 32.2. The minimum Gasteiger partial charge on any atom is -0.325 e. The summed E-state index contributed by atoms with van der Waals surface area (Å²) in [6.07, 6.45) is 0. The van der Waals surface area contributed by atoms with Crippen molar-refractivity contribution in [3.05, 3.63) is 77.4 Å². The number of carbonyl (C=O) groups excluding carboxylic acids is 2. The lowest BCUT2D eigenvalue weighted by Gasteiger charge is -2.07. The van der Waals surface area contributed by atoms with Gasteiger partial charge in [-0.2, -0.15) is 0 Å². The molecule has 0 unspecified atom stereocenters. The molecule has 29 heavy (non-hydrogen) atoms. The first-order chi connectivity index (χ1) is 13.9. The third-order valence-electron chi connectivity index (χ3n) is 3.78. The molecule has 1 aromatic heterocycles. The van der Waals surface area contributed by atoms with Crippen molar-refractivity contribution in [1.29, 1.82) is 0 Å². The van der Waals surface area contributed by atoms with Gasteiger partial charge < -0.3 is 10.6 Å². The average Bonchev–Trinajstić information content (AvgIpc) is 2.70. The van der Waals surface area contributed by atoms with Crippen molar-refractivity contribution in [2.45, 2.75) is 11.9 Å². The summed E-state index contributed by atoms with van der Waals surface area (Å²) in [4.78, 5) is 24.0. The van der Waals surface area contributed by atoms with Crippen molar-refractivity contribution < 1.29 is 18.4 Å². The summed E-state index contributed by atoms with van der Waals surface area (Å²) in [7, 11) is 0. The van der Waals surface area contributed by atoms with Crippen molar-refractivity contribution in [3.8, 4) is 0 Å². The van der Waals surface area contributed by atoms with Gasteiger partial charge in [0.15, 0.2) is 5.82 Å². The molecule has 2 N–H and O–H groups in total. The molecule has 0 radical (unpaired) electrons. The number of rotatable bonds is 6. The van der Waals surface area contributed by atoms with E-state index in [1.807, 2.05) is 0 Å². The Hall–Kier alpha value is -3.33. The van der Waals surface area contributed by atoms with Crippen molar-refractivity contribution in [2.24, 2.45) is 0 Å². The first kappa shape index (κ1) is 20.4. The van der Waals surface area contributed by atoms with Gasteiger partial charge >= 0.3 is 0 Å². The molecular weight excluding hydrogens is 398 g/mol. The van der Waals surface area contributed by atoms with E-state index in [1.54, 1.807) is 25.1 Å². The van der Waals surface area contributed by atoms with Crippen LogP contribution in [0.2, 0.25) is 0 Å². The number of thioether (sulfide) groups is 1. The van der Waals surface area contributed by atoms with Gasteiger partial charge in [-0.15, -0.1) is 10.2 Å². The van der Waals surface area contributed by atoms with Gasteiger partial charge in [0.1, 0.15) is 16.7 Å². The fraction of sp³-hybridized carbons (Fsp3) is 0.100. The van der Waals surface area contributed by atoms with Crippen molar-refractivity contribution >= 4 is 35.1 Å². The normalized spacial score (nSPS) is 10.4. The van der Waals surface area contributed by atoms with Gasteiger partial charge in [0, 0.05) is 11.3 Å². The van der Waals surface area contributed by atoms with Gasteiger partial charge in [0.2, 0.25) is 5.91 Å². The summed E-state index contributed by atoms with van der Waals surface area (Å²) in [5.41, 5.74) is 1.03. The highest BCUT2D eigenvalue weighted by Crippen LogP contribution is 2.18. The van der Waals surface area contributed by atoms with Gasteiger partial charge in [-0.25, -0.2) is 8.78 Å². The molecule has 3 aromatic rings. The summed E-state index contributed by atoms with van der Waals surface area (Å²) in [6, 6.07) is 12.9. The molecule has 0 saturated carbocycles. The molecule has 2 aromatic carbocycles. The number of carbonyl (C=O) groups is 2. The third kappa shape index (κ3) is 5.82. The Balaban J connectivity index is 1.51. The summed E-state index contributed by atoms with van der Waals surface area (Å²) >= 11 is 1.14. The van der Waals surface area contributed by atoms with Crippen LogP contribution in [0.25, 0.3) is 0 Å². The Morgan fingerprint density at radius 1 is 1.00 bits per heavy atom. The van der Waals surface area contributed by atoms with Crippen molar-refractivity contribution in [3.63, 3.8) is 0 Å². The van der Waals surface area contributed by atoms with Crippen LogP contribution >= 0.6 is 11.8 Å². The number of nitrogens with zero attached hydrogens (tertiary/aromatic N) is 2. The van der Waals surface area contributed by atoms with Gasteiger partial charge in [0.05, 0.1) is 5.75 Å². The molecule has 0 aliphatic carbocycles. The molecule has 0 saturated heterocycles. The lowest BCUT2D eigenvalue weighted by atomic mass is 10.2. The van der Waals surface area contributed by atoms with E-state index in [-0.39, 0.29) is 23.0 Å². The number of aryl methyl sites for hydroxylation is 1. The van der Waals surface area contributed by atoms with Crippen LogP contribution in [0.4, 0.5) is 20.3 Å². The minimum atomic E-state index is -0.512. The number of halogens is 2. The second kappa shape index (κ2) is 9.24. The summed E-state index contributed by atoms with van der Waals surface area (Å²) in [6.45, 7) is 1.64. The standard InChI is InChI=1S/C20H16F2N4O2S/c1-12-5-6-15(10-16(12)22)23-18(27)11-29-19-8-7-17(25-26-19)24-20(28)13-3-2-4-14(21)9-13/h2-10H,11H2,1H3,(H,23,27)(H,24,25,28). The number of aromatic nitrogens is 2. The minimum absolute atomic E-state index is 0.0547. The van der Waals surface area contributed by atoms with E-state index in [0.717, 1.165) is 17.8 Å². The van der Waals surface area contributed by atoms with E-state index in [4.69, 9.17) is 0 Å². The molecular formula is C20H16F2N4O2S. The topological polar surface area (TPSA) is 84.0 Å². The fourth-order valence-corrected chi connectivity index (χ4v) is 2.90. The van der Waals surface area contributed by atoms with Crippen LogP contribution in [0.15, 0.2) is 59.6 Å². The van der Waals surface area contributed by atoms with E-state index >= 15 is 0 Å². The first-order valence-electron chi connectivity index (χ1n) is 8.50. The largest absolute Gasteiger partial charge is 0.325 e. The Bertz CT molecular complexity index is 1040. The molecule has 0 fully saturated rings. The van der Waals surface area contributed by atoms with Crippen LogP contribution < -0.4 is 10.6 Å². The van der Waals surface area contributed by atoms with Gasteiger partial charge in [-0.1, -0.05) is 23.9 Å². The fourth-order valence-electron chi connectivity index (χ4n) is 2.29. The lowest BCUT2D eigenvalue weighted by molar-refractivity contribution is -0.113. The average molecular weight is 414 g/mol. The molecule has 9 heteroatoms. The van der Waals surface area contributed by atoms with E-state index in [0.29, 0.717) is 16.3 Å². The maximum Gasteiger partial charge on any atom is 0.256 e. The zero-order valence-electron chi connectivity index (χ0n) is 15.3. The van der Waals surface area contributed by atoms with Crippen LogP contribution in [-0.2, 0) is 4.79 Å². The Labute approximate surface area is 169 Å². The molecule has 0 bridgehead atoms. The second-order valence-corrected chi connectivity index (χ2v) is 7.02. The molecule has 1 heterocycles. The second-order valence-electron chi connectivity index (χ2n) is 6.02. The molecule has 148 valence electrons. The lowest BCUT2D eigenvalue weighted by Crippen LogP contribution is -2.15. The smallest absolute Gasteiger partial charge is 0.256 e. The van der Waals surface area contributed by atoms with E-state index in [2.05, 4.69) is 20.8 Å². The van der Waals surface area contributed by atoms with Crippen LogP contribution in [0.5, 0.6) is 0 Å². The van der Waals surface area contributed by atoms with Crippen LogP contribution in [-0.4, -0.2) is 27.8 Å². The van der Waals surface area contributed by atoms with Gasteiger partial charge in [0.25, 0.3) is 5.91 Å². The summed E-state index contributed by atoms with van der Waals surface area (Å²) < 4.78 is 26.7. The number of benzene rings is 2. The summed E-state index contributed by atoms with van der Waals surface area (Å²) in [5.74, 6) is -1.48. The predicted octanol–water partition coefficient (Wildman–Crippen LogP) is 4.05. The van der Waals surface area contributed by atoms with Gasteiger partial charge in [-0.05, 0) is 55.0 Å². The van der Waals surface area contributed by atoms with E-state index < -0.39 is 17.5 Å². The Morgan fingerprint density at radius 2 is 1.83 bits per heavy atom. The number of hydrogen-bond acceptors (Lipinski definition) is 5. The molecule has 2 amide bonds. The molecule has 0 spiro atoms. The predicted molar refractivity (Wildman–Crippen MR) is 107 cm³/mol. The highest BCUT2D eigenvalue weighted by Gasteiger charge is 2.10. The number of hydrogen-bond donors (Lipinski definition) is 2. The third-order valence-corrected chi connectivity index (χ3v) is 4.70. The SMILES string of the molecule is Cc1ccc(NC(=O)CSc2ccc(NC(=O)c3cccc(F)c3)nn2)cc1F. The van der Waals surface area contributed by atoms with E-state index in [9.17, 15) is 18.4 Å². The zero-order chi connectivity index (χ0) is 20.8. The maximum atomic E-state index is 13.5. The zero-order valence-corrected chi connectivity index (χ0v) is 16.1. The molecule has 0 aliphatic heterocycles. The molecule has 0 atom stereocenters. The quantitative estimate of drug-likeness (QED) is 0.595. The Kier molecular flexibility index (Phi) is 6.50. The molecule has 0 aliphatic rings. The van der Waals surface area contributed by atoms with Crippen LogP contribution in [0.3, 0.4) is 0 Å².